The molecule has 0 aromatic rings. The lowest BCUT2D eigenvalue weighted by Crippen LogP contribution is -2.11. The predicted molar refractivity (Wildman–Crippen MR) is 24.8 cm³/mol. The molecule has 0 bridgehead atoms. The highest BCUT2D eigenvalue weighted by Crippen LogP contribution is 1.90. The van der Waals surface area contributed by atoms with Crippen LogP contribution in [0.2, 0.25) is 0 Å². The Labute approximate surface area is 50.9 Å². The van der Waals surface area contributed by atoms with Gasteiger partial charge in [0.25, 0.3) is 0 Å². The molecule has 0 aliphatic heterocycles. The Bertz CT molecular complexity index is 116. The second-order valence-corrected chi connectivity index (χ2v) is 2.62. The Morgan fingerprint density at radius 2 is 2.00 bits per heavy atom. The molecule has 0 radical (unpaired) electrons. The fourth-order valence-corrected chi connectivity index (χ4v) is 0.321. The molecule has 4 nitrogen and oxygen atoms in total. The normalized spacial score (nSPS) is 11.7. The van der Waals surface area contributed by atoms with Gasteiger partial charge in [-0.25, -0.2) is 0 Å². The van der Waals surface area contributed by atoms with Crippen LogP contribution in [0, 0.1) is 0 Å². The van der Waals surface area contributed by atoms with Crippen LogP contribution in [0.4, 0.5) is 0 Å². The quantitative estimate of drug-likeness (QED) is 0.593. The molecule has 1 N–H and O–H groups in total. The van der Waals surface area contributed by atoms with Gasteiger partial charge in [-0.2, -0.15) is 8.42 Å². The highest BCUT2D eigenvalue weighted by atomic mass is 35.5. The molecule has 0 fully saturated rings. The van der Waals surface area contributed by atoms with Crippen molar-refractivity contribution in [1.29, 1.82) is 0 Å². The minimum atomic E-state index is -3.88. The molecule has 0 saturated carbocycles. The first-order chi connectivity index (χ1) is 3.12. The molecule has 7 heteroatoms. The van der Waals surface area contributed by atoms with Crippen molar-refractivity contribution in [2.24, 2.45) is 0 Å². The zero-order chi connectivity index (χ0) is 5.91. The van der Waals surface area contributed by atoms with Gasteiger partial charge in [0.2, 0.25) is 0 Å². The van der Waals surface area contributed by atoms with E-state index in [1.165, 1.54) is 4.24 Å². The number of nitrogens with one attached hydrogen (secondary N) is 1. The third-order valence-electron chi connectivity index (χ3n) is 0.177. The molecule has 0 amide bonds. The minimum absolute atomic E-state index is 1.28. The molecule has 0 aromatic heterocycles. The Morgan fingerprint density at radius 3 is 2.00 bits per heavy atom. The van der Waals surface area contributed by atoms with Crippen molar-refractivity contribution >= 4 is 33.9 Å². The Balaban J connectivity index is 3.89. The predicted octanol–water partition coefficient (Wildman–Crippen LogP) is 0.145. The van der Waals surface area contributed by atoms with Crippen LogP contribution in [0.15, 0.2) is 0 Å². The SMILES string of the molecule is O=S(=O)(NCl)OCl. The van der Waals surface area contributed by atoms with Crippen molar-refractivity contribution in [1.82, 2.24) is 4.24 Å². The lowest BCUT2D eigenvalue weighted by molar-refractivity contribution is 0.506. The summed E-state index contributed by atoms with van der Waals surface area (Å²) in [5, 5.41) is 0. The molecule has 44 valence electrons. The van der Waals surface area contributed by atoms with E-state index < -0.39 is 10.3 Å². The number of rotatable bonds is 2. The smallest absolute Gasteiger partial charge is 0.179 e. The Hall–Kier alpha value is 0.450. The summed E-state index contributed by atoms with van der Waals surface area (Å²) in [4.78, 5) is 0. The minimum Gasteiger partial charge on any atom is -0.179 e. The topological polar surface area (TPSA) is 55.4 Å². The first-order valence-electron chi connectivity index (χ1n) is 1.05. The van der Waals surface area contributed by atoms with Crippen molar-refractivity contribution in [3.8, 4) is 0 Å². The van der Waals surface area contributed by atoms with Crippen LogP contribution >= 0.6 is 23.6 Å². The highest BCUT2D eigenvalue weighted by Gasteiger charge is 2.03. The van der Waals surface area contributed by atoms with Crippen LogP contribution in [0.25, 0.3) is 0 Å². The summed E-state index contributed by atoms with van der Waals surface area (Å²) in [6.45, 7) is 0. The van der Waals surface area contributed by atoms with Crippen molar-refractivity contribution in [3.63, 3.8) is 0 Å². The van der Waals surface area contributed by atoms with Gasteiger partial charge in [0.15, 0.2) is 0 Å². The zero-order valence-electron chi connectivity index (χ0n) is 2.89. The van der Waals surface area contributed by atoms with Gasteiger partial charge >= 0.3 is 10.3 Å². The average Bonchev–Trinajstić information content (AvgIpc) is 1.68. The van der Waals surface area contributed by atoms with Gasteiger partial charge in [-0.05, 0) is 11.8 Å². The van der Waals surface area contributed by atoms with Gasteiger partial charge in [0.05, 0.1) is 11.9 Å². The van der Waals surface area contributed by atoms with Crippen LogP contribution < -0.4 is 4.24 Å². The van der Waals surface area contributed by atoms with Gasteiger partial charge in [-0.1, -0.05) is 0 Å². The summed E-state index contributed by atoms with van der Waals surface area (Å²) in [5.41, 5.74) is 0. The van der Waals surface area contributed by atoms with Crippen LogP contribution in [0.1, 0.15) is 0 Å². The summed E-state index contributed by atoms with van der Waals surface area (Å²) >= 11 is 8.90. The second kappa shape index (κ2) is 2.68. The Kier molecular flexibility index (Phi) is 2.86. The number of hydrogen-bond acceptors (Lipinski definition) is 3. The lowest BCUT2D eigenvalue weighted by atomic mass is 13.9. The summed E-state index contributed by atoms with van der Waals surface area (Å²) in [6, 6.07) is 0. The monoisotopic (exact) mass is 165 g/mol. The third-order valence-corrected chi connectivity index (χ3v) is 1.60. The molecule has 0 unspecified atom stereocenters. The van der Waals surface area contributed by atoms with E-state index in [2.05, 4.69) is 27.4 Å². The average molecular weight is 166 g/mol. The summed E-state index contributed by atoms with van der Waals surface area (Å²) in [7, 11) is -3.88. The molecule has 0 rings (SSSR count). The van der Waals surface area contributed by atoms with E-state index in [9.17, 15) is 8.42 Å². The van der Waals surface area contributed by atoms with Crippen LogP contribution in [-0.4, -0.2) is 8.42 Å². The summed E-state index contributed by atoms with van der Waals surface area (Å²) in [6.07, 6.45) is 0. The van der Waals surface area contributed by atoms with Crippen molar-refractivity contribution in [3.05, 3.63) is 0 Å². The second-order valence-electron chi connectivity index (χ2n) is 0.594. The summed E-state index contributed by atoms with van der Waals surface area (Å²) in [5.74, 6) is 0. The molecule has 0 aliphatic rings. The van der Waals surface area contributed by atoms with Gasteiger partial charge in [-0.3, -0.25) is 0 Å². The van der Waals surface area contributed by atoms with Gasteiger partial charge in [-0.15, -0.1) is 7.98 Å². The van der Waals surface area contributed by atoms with Gasteiger partial charge < -0.3 is 0 Å². The van der Waals surface area contributed by atoms with Crippen molar-refractivity contribution in [2.45, 2.75) is 0 Å². The fourth-order valence-electron chi connectivity index (χ4n) is 0.0119. The molecule has 0 aliphatic carbocycles. The maximum atomic E-state index is 9.77. The van der Waals surface area contributed by atoms with E-state index in [-0.39, 0.29) is 0 Å². The molecule has 0 aromatic carbocycles. The number of hydrogen-bond donors (Lipinski definition) is 1. The van der Waals surface area contributed by atoms with Crippen LogP contribution in [0.3, 0.4) is 0 Å². The van der Waals surface area contributed by atoms with Crippen LogP contribution in [0.5, 0.6) is 0 Å². The molecule has 0 saturated heterocycles. The zero-order valence-corrected chi connectivity index (χ0v) is 5.22. The largest absolute Gasteiger partial charge is 0.365 e. The molecule has 0 atom stereocenters. The Morgan fingerprint density at radius 1 is 1.57 bits per heavy atom. The maximum absolute atomic E-state index is 9.77. The van der Waals surface area contributed by atoms with E-state index >= 15 is 0 Å². The fraction of sp³-hybridized carbons (Fsp3) is 0. The van der Waals surface area contributed by atoms with E-state index in [1.807, 2.05) is 0 Å². The lowest BCUT2D eigenvalue weighted by Gasteiger charge is -1.87. The molecular formula is HCl2NO3S. The third kappa shape index (κ3) is 3.07. The van der Waals surface area contributed by atoms with Crippen molar-refractivity contribution in [2.75, 3.05) is 0 Å². The molecule has 7 heavy (non-hydrogen) atoms. The molecular weight excluding hydrogens is 165 g/mol. The van der Waals surface area contributed by atoms with Gasteiger partial charge in [0, 0.05) is 0 Å². The number of halogens is 2. The highest BCUT2D eigenvalue weighted by molar-refractivity contribution is 7.86. The van der Waals surface area contributed by atoms with E-state index in [0.29, 0.717) is 0 Å². The van der Waals surface area contributed by atoms with E-state index in [1.54, 1.807) is 0 Å². The van der Waals surface area contributed by atoms with E-state index in [0.717, 1.165) is 0 Å². The summed E-state index contributed by atoms with van der Waals surface area (Å²) < 4.78 is 24.1. The van der Waals surface area contributed by atoms with Gasteiger partial charge in [0.1, 0.15) is 0 Å². The molecule has 0 spiro atoms. The molecule has 0 heterocycles. The van der Waals surface area contributed by atoms with Crippen molar-refractivity contribution < 1.29 is 12.2 Å². The first kappa shape index (κ1) is 7.45. The first-order valence-corrected chi connectivity index (χ1v) is 3.14. The van der Waals surface area contributed by atoms with Crippen LogP contribution in [-0.2, 0) is 14.0 Å². The van der Waals surface area contributed by atoms with E-state index in [4.69, 9.17) is 0 Å². The standard InChI is InChI=1S/Cl2HNO3S/c1-3-7(4,5)6-2/h3H. The maximum Gasteiger partial charge on any atom is 0.365 e.